The van der Waals surface area contributed by atoms with Crippen LogP contribution in [0.2, 0.25) is 0 Å². The molecule has 1 unspecified atom stereocenters. The van der Waals surface area contributed by atoms with Crippen molar-refractivity contribution in [2.45, 2.75) is 75.8 Å². The summed E-state index contributed by atoms with van der Waals surface area (Å²) in [6, 6.07) is 0. The van der Waals surface area contributed by atoms with Crippen molar-refractivity contribution in [1.29, 1.82) is 0 Å². The number of rotatable bonds is 7. The Kier molecular flexibility index (Phi) is 8.28. The molecule has 11 nitrogen and oxygen atoms in total. The van der Waals surface area contributed by atoms with Gasteiger partial charge in [-0.05, 0) is 13.8 Å². The zero-order valence-electron chi connectivity index (χ0n) is 18.3. The minimum absolute atomic E-state index is 0.117. The number of esters is 1. The van der Waals surface area contributed by atoms with Gasteiger partial charge in [0.1, 0.15) is 24.4 Å². The summed E-state index contributed by atoms with van der Waals surface area (Å²) in [5.41, 5.74) is 0.241. The summed E-state index contributed by atoms with van der Waals surface area (Å²) >= 11 is 0. The molecule has 3 heterocycles. The second kappa shape index (κ2) is 10.6. The Balaban J connectivity index is 1.80. The highest BCUT2D eigenvalue weighted by atomic mass is 16.8. The van der Waals surface area contributed by atoms with E-state index >= 15 is 0 Å². The summed E-state index contributed by atoms with van der Waals surface area (Å²) in [4.78, 5) is 12.4. The van der Waals surface area contributed by atoms with Crippen molar-refractivity contribution < 1.29 is 53.6 Å². The van der Waals surface area contributed by atoms with Crippen molar-refractivity contribution in [3.8, 4) is 0 Å². The second-order valence-corrected chi connectivity index (χ2v) is 8.17. The molecule has 32 heavy (non-hydrogen) atoms. The van der Waals surface area contributed by atoms with E-state index in [-0.39, 0.29) is 24.2 Å². The van der Waals surface area contributed by atoms with Crippen LogP contribution in [0.4, 0.5) is 0 Å². The van der Waals surface area contributed by atoms with Gasteiger partial charge in [-0.15, -0.1) is 6.58 Å². The summed E-state index contributed by atoms with van der Waals surface area (Å²) in [5, 5.41) is 39.7. The fourth-order valence-corrected chi connectivity index (χ4v) is 4.08. The normalized spacial score (nSPS) is 44.5. The Hall–Kier alpha value is -1.57. The third-order valence-corrected chi connectivity index (χ3v) is 6.16. The molecule has 0 saturated carbocycles. The van der Waals surface area contributed by atoms with Gasteiger partial charge in [0.2, 0.25) is 6.29 Å². The molecule has 0 aromatic heterocycles. The molecule has 3 rings (SSSR count). The largest absolute Gasteiger partial charge is 0.471 e. The molecule has 3 aliphatic rings. The first-order valence-corrected chi connectivity index (χ1v) is 10.5. The number of carbonyl (C=O) groups is 1. The van der Waals surface area contributed by atoms with Gasteiger partial charge < -0.3 is 48.8 Å². The van der Waals surface area contributed by atoms with E-state index < -0.39 is 67.7 Å². The highest BCUT2D eigenvalue weighted by Gasteiger charge is 2.48. The Morgan fingerprint density at radius 3 is 2.31 bits per heavy atom. The molecule has 0 aromatic rings. The van der Waals surface area contributed by atoms with Crippen molar-refractivity contribution in [2.24, 2.45) is 11.8 Å². The van der Waals surface area contributed by atoms with Crippen molar-refractivity contribution in [2.75, 3.05) is 13.7 Å². The number of aliphatic hydroxyl groups is 4. The van der Waals surface area contributed by atoms with Crippen LogP contribution in [0.5, 0.6) is 0 Å². The van der Waals surface area contributed by atoms with Crippen LogP contribution in [0.3, 0.4) is 0 Å². The molecule has 3 aliphatic heterocycles. The molecule has 182 valence electrons. The molecule has 0 aromatic carbocycles. The zero-order chi connectivity index (χ0) is 23.6. The summed E-state index contributed by atoms with van der Waals surface area (Å²) in [6.07, 6.45) is -6.11. The molecular formula is C21H32O11. The number of ether oxygens (including phenoxy) is 6. The van der Waals surface area contributed by atoms with Crippen molar-refractivity contribution >= 4 is 5.97 Å². The predicted octanol–water partition coefficient (Wildman–Crippen LogP) is -0.825. The smallest absolute Gasteiger partial charge is 0.337 e. The summed E-state index contributed by atoms with van der Waals surface area (Å²) in [6.45, 7) is 7.01. The maximum atomic E-state index is 12.4. The number of aliphatic hydroxyl groups excluding tert-OH is 4. The molecule has 0 amide bonds. The average Bonchev–Trinajstić information content (AvgIpc) is 3.10. The lowest BCUT2D eigenvalue weighted by Gasteiger charge is -2.43. The number of hydrogen-bond donors (Lipinski definition) is 4. The summed E-state index contributed by atoms with van der Waals surface area (Å²) < 4.78 is 33.3. The van der Waals surface area contributed by atoms with Crippen molar-refractivity contribution in [3.05, 3.63) is 24.5 Å². The predicted molar refractivity (Wildman–Crippen MR) is 107 cm³/mol. The molecule has 0 radical (unpaired) electrons. The molecule has 4 N–H and O–H groups in total. The van der Waals surface area contributed by atoms with E-state index in [0.717, 1.165) is 0 Å². The van der Waals surface area contributed by atoms with E-state index in [9.17, 15) is 25.2 Å². The topological polar surface area (TPSA) is 153 Å². The van der Waals surface area contributed by atoms with Crippen LogP contribution in [0.25, 0.3) is 0 Å². The Labute approximate surface area is 186 Å². The number of carbonyl (C=O) groups excluding carboxylic acids is 1. The van der Waals surface area contributed by atoms with Gasteiger partial charge in [0.25, 0.3) is 0 Å². The van der Waals surface area contributed by atoms with Gasteiger partial charge >= 0.3 is 5.97 Å². The molecule has 0 bridgehead atoms. The molecule has 11 atom stereocenters. The van der Waals surface area contributed by atoms with Crippen LogP contribution in [0, 0.1) is 11.8 Å². The van der Waals surface area contributed by atoms with Gasteiger partial charge in [-0.1, -0.05) is 6.08 Å². The fraction of sp³-hybridized carbons (Fsp3) is 0.762. The standard InChI is InChI=1S/C21H32O11/c1-5-11-12(6-15-29-9(2)10(3)30-15)13(19(26)27-4)8-28-20(11)32-21-18(25)17(24)16(23)14(7-22)31-21/h5,8-12,14-18,20-25H,1,6-7H2,2-4H3/t9-,10+,11-,12+,14-,15?,16-,17+,18-,20+,21+/m1/s1. The van der Waals surface area contributed by atoms with Gasteiger partial charge in [0, 0.05) is 18.3 Å². The lowest BCUT2D eigenvalue weighted by molar-refractivity contribution is -0.339. The first-order chi connectivity index (χ1) is 15.2. The SMILES string of the molecule is C=C[C@H]1[C@H](O[C@@H]2O[C@H](CO)[C@@H](O)[C@H](O)[C@H]2O)OC=C(C(=O)OC)[C@H]1CC1O[C@@H](C)[C@@H](C)O1. The molecule has 0 aliphatic carbocycles. The maximum absolute atomic E-state index is 12.4. The zero-order valence-corrected chi connectivity index (χ0v) is 18.3. The molecule has 2 saturated heterocycles. The minimum atomic E-state index is -1.60. The highest BCUT2D eigenvalue weighted by molar-refractivity contribution is 5.88. The summed E-state index contributed by atoms with van der Waals surface area (Å²) in [5.74, 6) is -1.72. The van der Waals surface area contributed by atoms with Crippen LogP contribution in [-0.2, 0) is 33.2 Å². The van der Waals surface area contributed by atoms with E-state index in [1.165, 1.54) is 19.4 Å². The third-order valence-electron chi connectivity index (χ3n) is 6.16. The molecular weight excluding hydrogens is 428 g/mol. The van der Waals surface area contributed by atoms with E-state index in [1.54, 1.807) is 0 Å². The van der Waals surface area contributed by atoms with Crippen molar-refractivity contribution in [3.63, 3.8) is 0 Å². The minimum Gasteiger partial charge on any atom is -0.471 e. The van der Waals surface area contributed by atoms with Gasteiger partial charge in [-0.3, -0.25) is 0 Å². The van der Waals surface area contributed by atoms with E-state index in [0.29, 0.717) is 0 Å². The average molecular weight is 460 g/mol. The van der Waals surface area contributed by atoms with Crippen LogP contribution in [0.15, 0.2) is 24.5 Å². The van der Waals surface area contributed by atoms with Crippen LogP contribution in [-0.4, -0.2) is 95.6 Å². The summed E-state index contributed by atoms with van der Waals surface area (Å²) in [7, 11) is 1.26. The molecule has 0 spiro atoms. The fourth-order valence-electron chi connectivity index (χ4n) is 4.08. The van der Waals surface area contributed by atoms with Gasteiger partial charge in [-0.25, -0.2) is 4.79 Å². The number of hydrogen-bond acceptors (Lipinski definition) is 11. The number of methoxy groups -OCH3 is 1. The Morgan fingerprint density at radius 1 is 1.09 bits per heavy atom. The van der Waals surface area contributed by atoms with E-state index in [4.69, 9.17) is 28.4 Å². The highest BCUT2D eigenvalue weighted by Crippen LogP contribution is 2.39. The first-order valence-electron chi connectivity index (χ1n) is 10.5. The lowest BCUT2D eigenvalue weighted by atomic mass is 9.81. The van der Waals surface area contributed by atoms with Crippen LogP contribution in [0.1, 0.15) is 20.3 Å². The lowest BCUT2D eigenvalue weighted by Crippen LogP contribution is -2.60. The third kappa shape index (κ3) is 5.00. The van der Waals surface area contributed by atoms with Crippen LogP contribution >= 0.6 is 0 Å². The second-order valence-electron chi connectivity index (χ2n) is 8.17. The van der Waals surface area contributed by atoms with Crippen LogP contribution < -0.4 is 0 Å². The molecule has 11 heteroatoms. The van der Waals surface area contributed by atoms with Gasteiger partial charge in [-0.2, -0.15) is 0 Å². The van der Waals surface area contributed by atoms with E-state index in [1.807, 2.05) is 13.8 Å². The van der Waals surface area contributed by atoms with Crippen molar-refractivity contribution in [1.82, 2.24) is 0 Å². The monoisotopic (exact) mass is 460 g/mol. The quantitative estimate of drug-likeness (QED) is 0.278. The van der Waals surface area contributed by atoms with E-state index in [2.05, 4.69) is 6.58 Å². The first kappa shape index (κ1) is 25.1. The van der Waals surface area contributed by atoms with Gasteiger partial charge in [0.15, 0.2) is 12.6 Å². The molecule has 2 fully saturated rings. The Bertz CT molecular complexity index is 685. The maximum Gasteiger partial charge on any atom is 0.337 e. The van der Waals surface area contributed by atoms with Gasteiger partial charge in [0.05, 0.1) is 37.8 Å². The Morgan fingerprint density at radius 2 is 1.75 bits per heavy atom.